The number of aromatic nitrogens is 2. The third kappa shape index (κ3) is 2.13. The summed E-state index contributed by atoms with van der Waals surface area (Å²) in [5.74, 6) is 0.400. The molecule has 1 aliphatic rings. The summed E-state index contributed by atoms with van der Waals surface area (Å²) >= 11 is 0. The molecule has 4 heteroatoms. The van der Waals surface area contributed by atoms with Crippen LogP contribution in [0.15, 0.2) is 12.3 Å². The Labute approximate surface area is 83.9 Å². The maximum Gasteiger partial charge on any atom is 0.0650 e. The fourth-order valence-electron chi connectivity index (χ4n) is 1.96. The van der Waals surface area contributed by atoms with E-state index in [0.717, 1.165) is 25.2 Å². The van der Waals surface area contributed by atoms with Gasteiger partial charge in [-0.1, -0.05) is 0 Å². The molecule has 4 nitrogen and oxygen atoms in total. The highest BCUT2D eigenvalue weighted by atomic mass is 16.3. The third-order valence-electron chi connectivity index (χ3n) is 2.83. The summed E-state index contributed by atoms with van der Waals surface area (Å²) in [4.78, 5) is 0. The summed E-state index contributed by atoms with van der Waals surface area (Å²) in [6.07, 6.45) is 3.41. The molecule has 1 saturated heterocycles. The first-order valence-electron chi connectivity index (χ1n) is 5.13. The summed E-state index contributed by atoms with van der Waals surface area (Å²) < 4.78 is 1.77. The highest BCUT2D eigenvalue weighted by molar-refractivity contribution is 5.01. The van der Waals surface area contributed by atoms with Crippen molar-refractivity contribution >= 4 is 0 Å². The molecular weight excluding hydrogens is 178 g/mol. The van der Waals surface area contributed by atoms with Gasteiger partial charge in [0.15, 0.2) is 0 Å². The van der Waals surface area contributed by atoms with Gasteiger partial charge in [0.05, 0.1) is 11.8 Å². The van der Waals surface area contributed by atoms with Crippen LogP contribution in [-0.2, 0) is 13.5 Å². The zero-order valence-corrected chi connectivity index (χ0v) is 8.48. The monoisotopic (exact) mass is 195 g/mol. The van der Waals surface area contributed by atoms with Gasteiger partial charge in [0, 0.05) is 26.2 Å². The van der Waals surface area contributed by atoms with Crippen LogP contribution in [-0.4, -0.2) is 34.1 Å². The number of aliphatic hydroxyl groups is 1. The molecule has 0 saturated carbocycles. The molecule has 0 spiro atoms. The normalized spacial score (nSPS) is 24.0. The first kappa shape index (κ1) is 9.68. The van der Waals surface area contributed by atoms with Crippen molar-refractivity contribution in [3.05, 3.63) is 18.0 Å². The van der Waals surface area contributed by atoms with Crippen LogP contribution in [0.5, 0.6) is 0 Å². The molecule has 2 heterocycles. The van der Waals surface area contributed by atoms with Gasteiger partial charge in [-0.05, 0) is 24.9 Å². The Balaban J connectivity index is 1.90. The van der Waals surface area contributed by atoms with E-state index in [1.165, 1.54) is 0 Å². The van der Waals surface area contributed by atoms with E-state index in [9.17, 15) is 5.11 Å². The molecule has 0 amide bonds. The van der Waals surface area contributed by atoms with Crippen molar-refractivity contribution in [2.24, 2.45) is 13.0 Å². The molecule has 1 aromatic heterocycles. The van der Waals surface area contributed by atoms with Crippen molar-refractivity contribution in [1.29, 1.82) is 0 Å². The maximum absolute atomic E-state index is 9.92. The van der Waals surface area contributed by atoms with Crippen LogP contribution >= 0.6 is 0 Å². The summed E-state index contributed by atoms with van der Waals surface area (Å²) in [6, 6.07) is 1.96. The standard InChI is InChI=1S/C10H17N3O/c1-13-5-3-9(12-13)6-10(14)8-2-4-11-7-8/h3,5,8,10-11,14H,2,4,6-7H2,1H3/t8-,10?/m0/s1. The van der Waals surface area contributed by atoms with Crippen LogP contribution in [0, 0.1) is 5.92 Å². The number of rotatable bonds is 3. The summed E-state index contributed by atoms with van der Waals surface area (Å²) in [7, 11) is 1.90. The third-order valence-corrected chi connectivity index (χ3v) is 2.83. The van der Waals surface area contributed by atoms with E-state index in [1.807, 2.05) is 19.3 Å². The molecule has 0 aliphatic carbocycles. The lowest BCUT2D eigenvalue weighted by molar-refractivity contribution is 0.116. The van der Waals surface area contributed by atoms with E-state index in [2.05, 4.69) is 10.4 Å². The first-order valence-corrected chi connectivity index (χ1v) is 5.13. The molecule has 0 radical (unpaired) electrons. The smallest absolute Gasteiger partial charge is 0.0650 e. The van der Waals surface area contributed by atoms with E-state index in [0.29, 0.717) is 12.3 Å². The minimum atomic E-state index is -0.250. The molecule has 0 aromatic carbocycles. The second-order valence-electron chi connectivity index (χ2n) is 4.01. The van der Waals surface area contributed by atoms with Crippen LogP contribution in [0.1, 0.15) is 12.1 Å². The minimum absolute atomic E-state index is 0.250. The van der Waals surface area contributed by atoms with Crippen molar-refractivity contribution in [3.8, 4) is 0 Å². The van der Waals surface area contributed by atoms with Crippen molar-refractivity contribution < 1.29 is 5.11 Å². The number of nitrogens with zero attached hydrogens (tertiary/aromatic N) is 2. The van der Waals surface area contributed by atoms with Crippen LogP contribution in [0.4, 0.5) is 0 Å². The zero-order valence-electron chi connectivity index (χ0n) is 8.48. The van der Waals surface area contributed by atoms with Crippen LogP contribution in [0.2, 0.25) is 0 Å². The van der Waals surface area contributed by atoms with Gasteiger partial charge in [0.2, 0.25) is 0 Å². The molecule has 0 bridgehead atoms. The number of hydrogen-bond acceptors (Lipinski definition) is 3. The van der Waals surface area contributed by atoms with E-state index < -0.39 is 0 Å². The minimum Gasteiger partial charge on any atom is -0.392 e. The zero-order chi connectivity index (χ0) is 9.97. The van der Waals surface area contributed by atoms with Gasteiger partial charge in [0.25, 0.3) is 0 Å². The fourth-order valence-corrected chi connectivity index (χ4v) is 1.96. The summed E-state index contributed by atoms with van der Waals surface area (Å²) in [5.41, 5.74) is 0.979. The number of hydrogen-bond donors (Lipinski definition) is 2. The Morgan fingerprint density at radius 3 is 3.21 bits per heavy atom. The van der Waals surface area contributed by atoms with Crippen molar-refractivity contribution in [2.45, 2.75) is 18.9 Å². The molecule has 1 fully saturated rings. The molecule has 1 unspecified atom stereocenters. The van der Waals surface area contributed by atoms with Gasteiger partial charge < -0.3 is 10.4 Å². The Bertz CT molecular complexity index is 291. The van der Waals surface area contributed by atoms with E-state index >= 15 is 0 Å². The Hall–Kier alpha value is -0.870. The molecule has 2 N–H and O–H groups in total. The number of aryl methyl sites for hydroxylation is 1. The Morgan fingerprint density at radius 2 is 2.64 bits per heavy atom. The lowest BCUT2D eigenvalue weighted by Gasteiger charge is -2.15. The molecule has 1 aliphatic heterocycles. The van der Waals surface area contributed by atoms with Crippen LogP contribution in [0.3, 0.4) is 0 Å². The van der Waals surface area contributed by atoms with Crippen molar-refractivity contribution in [3.63, 3.8) is 0 Å². The van der Waals surface area contributed by atoms with E-state index in [-0.39, 0.29) is 6.10 Å². The van der Waals surface area contributed by atoms with E-state index in [4.69, 9.17) is 0 Å². The van der Waals surface area contributed by atoms with E-state index in [1.54, 1.807) is 4.68 Å². The number of aliphatic hydroxyl groups excluding tert-OH is 1. The Kier molecular flexibility index (Phi) is 2.84. The number of nitrogens with one attached hydrogen (secondary N) is 1. The van der Waals surface area contributed by atoms with Gasteiger partial charge in [0.1, 0.15) is 0 Å². The first-order chi connectivity index (χ1) is 6.75. The van der Waals surface area contributed by atoms with Crippen LogP contribution in [0.25, 0.3) is 0 Å². The largest absolute Gasteiger partial charge is 0.392 e. The second-order valence-corrected chi connectivity index (χ2v) is 4.01. The topological polar surface area (TPSA) is 50.1 Å². The molecule has 14 heavy (non-hydrogen) atoms. The molecule has 78 valence electrons. The highest BCUT2D eigenvalue weighted by Gasteiger charge is 2.23. The molecular formula is C10H17N3O. The summed E-state index contributed by atoms with van der Waals surface area (Å²) in [6.45, 7) is 1.97. The van der Waals surface area contributed by atoms with Crippen molar-refractivity contribution in [1.82, 2.24) is 15.1 Å². The van der Waals surface area contributed by atoms with Crippen molar-refractivity contribution in [2.75, 3.05) is 13.1 Å². The predicted molar refractivity (Wildman–Crippen MR) is 53.9 cm³/mol. The lowest BCUT2D eigenvalue weighted by atomic mass is 9.98. The maximum atomic E-state index is 9.92. The average molecular weight is 195 g/mol. The molecule has 2 atom stereocenters. The van der Waals surface area contributed by atoms with Crippen LogP contribution < -0.4 is 5.32 Å². The van der Waals surface area contributed by atoms with Gasteiger partial charge >= 0.3 is 0 Å². The predicted octanol–water partition coefficient (Wildman–Crippen LogP) is -0.0670. The van der Waals surface area contributed by atoms with Gasteiger partial charge in [-0.15, -0.1) is 0 Å². The average Bonchev–Trinajstić information content (AvgIpc) is 2.75. The second kappa shape index (κ2) is 4.11. The fraction of sp³-hybridized carbons (Fsp3) is 0.700. The van der Waals surface area contributed by atoms with Gasteiger partial charge in [-0.2, -0.15) is 5.10 Å². The summed E-state index contributed by atoms with van der Waals surface area (Å²) in [5, 5.41) is 17.4. The highest BCUT2D eigenvalue weighted by Crippen LogP contribution is 2.15. The quantitative estimate of drug-likeness (QED) is 0.710. The lowest BCUT2D eigenvalue weighted by Crippen LogP contribution is -2.25. The van der Waals surface area contributed by atoms with Gasteiger partial charge in [-0.25, -0.2) is 0 Å². The van der Waals surface area contributed by atoms with Gasteiger partial charge in [-0.3, -0.25) is 4.68 Å². The Morgan fingerprint density at radius 1 is 1.79 bits per heavy atom. The molecule has 2 rings (SSSR count). The molecule has 1 aromatic rings. The SMILES string of the molecule is Cn1ccc(CC(O)[C@H]2CCNC2)n1.